The van der Waals surface area contributed by atoms with Crippen molar-refractivity contribution in [2.24, 2.45) is 0 Å². The van der Waals surface area contributed by atoms with Crippen molar-refractivity contribution in [1.29, 1.82) is 0 Å². The lowest BCUT2D eigenvalue weighted by Crippen LogP contribution is -2.08. The Hall–Kier alpha value is -1.13. The lowest BCUT2D eigenvalue weighted by atomic mass is 10.2. The highest BCUT2D eigenvalue weighted by molar-refractivity contribution is 7.15. The molecule has 2 heterocycles. The van der Waals surface area contributed by atoms with Crippen LogP contribution in [-0.2, 0) is 6.42 Å². The van der Waals surface area contributed by atoms with Crippen LogP contribution in [0.4, 0.5) is 0 Å². The molecule has 16 heavy (non-hydrogen) atoms. The van der Waals surface area contributed by atoms with Crippen molar-refractivity contribution in [3.05, 3.63) is 28.9 Å². The van der Waals surface area contributed by atoms with Gasteiger partial charge < -0.3 is 10.3 Å². The van der Waals surface area contributed by atoms with Gasteiger partial charge in [-0.05, 0) is 45.5 Å². The van der Waals surface area contributed by atoms with Crippen LogP contribution in [0.1, 0.15) is 17.0 Å². The molecule has 4 heteroatoms. The summed E-state index contributed by atoms with van der Waals surface area (Å²) in [6.07, 6.45) is 4.22. The number of H-pyrrole nitrogens is 1. The highest BCUT2D eigenvalue weighted by atomic mass is 32.1. The number of nitrogens with one attached hydrogen (secondary N) is 2. The Morgan fingerprint density at radius 2 is 2.38 bits per heavy atom. The summed E-state index contributed by atoms with van der Waals surface area (Å²) in [7, 11) is 1.99. The summed E-state index contributed by atoms with van der Waals surface area (Å²) in [5.41, 5.74) is 2.29. The van der Waals surface area contributed by atoms with Gasteiger partial charge in [-0.15, -0.1) is 11.3 Å². The molecule has 0 aliphatic carbocycles. The third kappa shape index (κ3) is 2.51. The molecule has 2 N–H and O–H groups in total. The van der Waals surface area contributed by atoms with Gasteiger partial charge in [-0.3, -0.25) is 0 Å². The first-order valence-electron chi connectivity index (χ1n) is 5.56. The molecule has 0 spiro atoms. The summed E-state index contributed by atoms with van der Waals surface area (Å²) in [4.78, 5) is 9.20. The van der Waals surface area contributed by atoms with Crippen LogP contribution >= 0.6 is 11.3 Å². The van der Waals surface area contributed by atoms with Crippen molar-refractivity contribution in [2.45, 2.75) is 19.8 Å². The molecule has 0 fully saturated rings. The number of rotatable bonds is 5. The molecule has 3 nitrogen and oxygen atoms in total. The van der Waals surface area contributed by atoms with E-state index in [9.17, 15) is 0 Å². The molecule has 0 saturated carbocycles. The number of aryl methyl sites for hydroxylation is 2. The van der Waals surface area contributed by atoms with Crippen LogP contribution in [-0.4, -0.2) is 23.6 Å². The minimum Gasteiger partial charge on any atom is -0.359 e. The number of hydrogen-bond acceptors (Lipinski definition) is 3. The zero-order valence-electron chi connectivity index (χ0n) is 9.71. The molecule has 0 unspecified atom stereocenters. The van der Waals surface area contributed by atoms with Crippen LogP contribution in [0.25, 0.3) is 10.7 Å². The lowest BCUT2D eigenvalue weighted by molar-refractivity contribution is 0.727. The molecule has 0 aliphatic heterocycles. The molecule has 86 valence electrons. The summed E-state index contributed by atoms with van der Waals surface area (Å²) in [6.45, 7) is 3.16. The van der Waals surface area contributed by atoms with Gasteiger partial charge in [0.05, 0.1) is 11.4 Å². The molecule has 2 aromatic heterocycles. The van der Waals surface area contributed by atoms with Crippen molar-refractivity contribution in [3.8, 4) is 10.7 Å². The summed E-state index contributed by atoms with van der Waals surface area (Å²) in [6, 6.07) is 4.07. The normalized spacial score (nSPS) is 10.9. The van der Waals surface area contributed by atoms with E-state index in [4.69, 9.17) is 0 Å². The second-order valence-corrected chi connectivity index (χ2v) is 4.90. The molecular weight excluding hydrogens is 218 g/mol. The van der Waals surface area contributed by atoms with Crippen LogP contribution in [0.5, 0.6) is 0 Å². The monoisotopic (exact) mass is 235 g/mol. The Kier molecular flexibility index (Phi) is 3.74. The predicted octanol–water partition coefficient (Wildman–Crippen LogP) is 2.60. The molecule has 0 radical (unpaired) electrons. The molecular formula is C12H17N3S. The van der Waals surface area contributed by atoms with Crippen molar-refractivity contribution >= 4 is 11.3 Å². The average Bonchev–Trinajstić information content (AvgIpc) is 2.88. The van der Waals surface area contributed by atoms with Gasteiger partial charge in [0.25, 0.3) is 0 Å². The maximum absolute atomic E-state index is 4.60. The third-order valence-corrected chi connectivity index (χ3v) is 3.80. The summed E-state index contributed by atoms with van der Waals surface area (Å²) in [5, 5.41) is 4.27. The van der Waals surface area contributed by atoms with Gasteiger partial charge in [0, 0.05) is 11.1 Å². The van der Waals surface area contributed by atoms with E-state index in [1.54, 1.807) is 11.3 Å². The van der Waals surface area contributed by atoms with Gasteiger partial charge in [-0.25, -0.2) is 4.98 Å². The Morgan fingerprint density at radius 3 is 3.06 bits per heavy atom. The Bertz CT molecular complexity index is 431. The molecule has 2 rings (SSSR count). The summed E-state index contributed by atoms with van der Waals surface area (Å²) in [5.74, 6) is 0. The fourth-order valence-electron chi connectivity index (χ4n) is 1.66. The first-order chi connectivity index (χ1) is 7.81. The van der Waals surface area contributed by atoms with Crippen LogP contribution in [0.3, 0.4) is 0 Å². The van der Waals surface area contributed by atoms with Crippen molar-refractivity contribution < 1.29 is 0 Å². The molecule has 0 bridgehead atoms. The Morgan fingerprint density at radius 1 is 1.50 bits per heavy atom. The van der Waals surface area contributed by atoms with E-state index in [-0.39, 0.29) is 0 Å². The predicted molar refractivity (Wildman–Crippen MR) is 68.9 cm³/mol. The fraction of sp³-hybridized carbons (Fsp3) is 0.417. The van der Waals surface area contributed by atoms with Crippen molar-refractivity contribution in [3.63, 3.8) is 0 Å². The average molecular weight is 235 g/mol. The smallest absolute Gasteiger partial charge is 0.140 e. The topological polar surface area (TPSA) is 40.7 Å². The fourth-order valence-corrected chi connectivity index (χ4v) is 2.76. The highest BCUT2D eigenvalue weighted by Crippen LogP contribution is 2.27. The van der Waals surface area contributed by atoms with E-state index in [0.717, 1.165) is 23.7 Å². The third-order valence-electron chi connectivity index (χ3n) is 2.55. The van der Waals surface area contributed by atoms with Crippen LogP contribution in [0.15, 0.2) is 18.3 Å². The maximum atomic E-state index is 4.60. The first-order valence-corrected chi connectivity index (χ1v) is 6.37. The second-order valence-electron chi connectivity index (χ2n) is 3.82. The SMILES string of the molecule is CNCCCc1sc(-c2ccc[nH]2)nc1C. The van der Waals surface area contributed by atoms with E-state index < -0.39 is 0 Å². The zero-order chi connectivity index (χ0) is 11.4. The molecule has 0 amide bonds. The minimum absolute atomic E-state index is 1.06. The van der Waals surface area contributed by atoms with Crippen LogP contribution < -0.4 is 5.32 Å². The second kappa shape index (κ2) is 5.27. The summed E-state index contributed by atoms with van der Waals surface area (Å²) < 4.78 is 0. The van der Waals surface area contributed by atoms with E-state index in [1.807, 2.05) is 19.3 Å². The van der Waals surface area contributed by atoms with Gasteiger partial charge in [0.1, 0.15) is 5.01 Å². The number of thiazole rings is 1. The summed E-state index contributed by atoms with van der Waals surface area (Å²) >= 11 is 1.80. The van der Waals surface area contributed by atoms with Gasteiger partial charge in [0.15, 0.2) is 0 Å². The van der Waals surface area contributed by atoms with Gasteiger partial charge >= 0.3 is 0 Å². The molecule has 0 aliphatic rings. The highest BCUT2D eigenvalue weighted by Gasteiger charge is 2.09. The quantitative estimate of drug-likeness (QED) is 0.782. The number of nitrogens with zero attached hydrogens (tertiary/aromatic N) is 1. The van der Waals surface area contributed by atoms with Gasteiger partial charge in [-0.2, -0.15) is 0 Å². The first kappa shape index (κ1) is 11.4. The number of hydrogen-bond donors (Lipinski definition) is 2. The largest absolute Gasteiger partial charge is 0.359 e. The van der Waals surface area contributed by atoms with E-state index in [0.29, 0.717) is 0 Å². The van der Waals surface area contributed by atoms with E-state index in [1.165, 1.54) is 17.0 Å². The van der Waals surface area contributed by atoms with Crippen molar-refractivity contribution in [1.82, 2.24) is 15.3 Å². The van der Waals surface area contributed by atoms with Crippen LogP contribution in [0.2, 0.25) is 0 Å². The van der Waals surface area contributed by atoms with Crippen LogP contribution in [0, 0.1) is 6.92 Å². The lowest BCUT2D eigenvalue weighted by Gasteiger charge is -1.97. The van der Waals surface area contributed by atoms with E-state index >= 15 is 0 Å². The maximum Gasteiger partial charge on any atom is 0.140 e. The molecule has 2 aromatic rings. The van der Waals surface area contributed by atoms with Gasteiger partial charge in [0.2, 0.25) is 0 Å². The standard InChI is InChI=1S/C12H17N3S/c1-9-11(6-4-7-13-2)16-12(15-9)10-5-3-8-14-10/h3,5,8,13-14H,4,6-7H2,1-2H3. The Balaban J connectivity index is 2.10. The number of aromatic amines is 1. The van der Waals surface area contributed by atoms with Gasteiger partial charge in [-0.1, -0.05) is 0 Å². The van der Waals surface area contributed by atoms with Crippen molar-refractivity contribution in [2.75, 3.05) is 13.6 Å². The molecule has 0 saturated heterocycles. The minimum atomic E-state index is 1.06. The molecule has 0 atom stereocenters. The number of aromatic nitrogens is 2. The Labute approximate surface area is 99.9 Å². The zero-order valence-corrected chi connectivity index (χ0v) is 10.5. The molecule has 0 aromatic carbocycles. The van der Waals surface area contributed by atoms with E-state index in [2.05, 4.69) is 28.3 Å².